The average Bonchev–Trinajstić information content (AvgIpc) is 3.32. The molecule has 0 N–H and O–H groups in total. The summed E-state index contributed by atoms with van der Waals surface area (Å²) in [4.78, 5) is 39.5. The van der Waals surface area contributed by atoms with Gasteiger partial charge in [-0.1, -0.05) is 18.2 Å². The molecule has 2 aromatic rings. The summed E-state index contributed by atoms with van der Waals surface area (Å²) in [6, 6.07) is 9.46. The van der Waals surface area contributed by atoms with Crippen molar-refractivity contribution in [3.05, 3.63) is 62.2 Å². The molecule has 0 radical (unpaired) electrons. The predicted molar refractivity (Wildman–Crippen MR) is 99.8 cm³/mol. The van der Waals surface area contributed by atoms with Crippen molar-refractivity contribution >= 4 is 46.1 Å². The van der Waals surface area contributed by atoms with Crippen LogP contribution in [-0.2, 0) is 17.6 Å². The van der Waals surface area contributed by atoms with Gasteiger partial charge < -0.3 is 0 Å². The topological polar surface area (TPSA) is 54.5 Å². The zero-order valence-corrected chi connectivity index (χ0v) is 15.0. The summed E-state index contributed by atoms with van der Waals surface area (Å²) >= 11 is 2.39. The second-order valence-corrected chi connectivity index (χ2v) is 8.02. The van der Waals surface area contributed by atoms with Crippen molar-refractivity contribution in [2.45, 2.75) is 19.3 Å². The normalized spacial score (nSPS) is 18.2. The third-order valence-corrected chi connectivity index (χ3v) is 6.14. The molecule has 2 amide bonds. The van der Waals surface area contributed by atoms with Crippen molar-refractivity contribution in [3.63, 3.8) is 0 Å². The molecule has 1 aromatic carbocycles. The quantitative estimate of drug-likeness (QED) is 0.600. The monoisotopic (exact) mass is 369 g/mol. The van der Waals surface area contributed by atoms with Gasteiger partial charge >= 0.3 is 0 Å². The van der Waals surface area contributed by atoms with Gasteiger partial charge in [-0.25, -0.2) is 0 Å². The number of ketones is 1. The molecule has 0 unspecified atom stereocenters. The minimum absolute atomic E-state index is 0.200. The number of thioether (sulfide) groups is 1. The van der Waals surface area contributed by atoms with Crippen molar-refractivity contribution in [2.75, 3.05) is 6.54 Å². The molecule has 4 rings (SSSR count). The summed E-state index contributed by atoms with van der Waals surface area (Å²) in [6.07, 6.45) is 4.86. The van der Waals surface area contributed by atoms with Gasteiger partial charge in [0.15, 0.2) is 5.78 Å². The number of imide groups is 1. The summed E-state index contributed by atoms with van der Waals surface area (Å²) in [7, 11) is 0. The molecule has 1 aromatic heterocycles. The molecule has 0 atom stereocenters. The Labute approximate surface area is 153 Å². The van der Waals surface area contributed by atoms with Crippen LogP contribution >= 0.6 is 23.1 Å². The Balaban J connectivity index is 1.51. The van der Waals surface area contributed by atoms with E-state index in [1.54, 1.807) is 12.1 Å². The summed E-state index contributed by atoms with van der Waals surface area (Å²) in [5.74, 6) is -0.590. The standard InChI is InChI=1S/C19H15NO3S2/c21-16(14-7-6-12-3-1-4-13(12)9-14)11-20-18(22)17(25-19(20)23)10-15-5-2-8-24-15/h2,5-10H,1,3-4,11H2/b17-10-. The molecule has 1 aliphatic heterocycles. The van der Waals surface area contributed by atoms with Crippen LogP contribution in [-0.4, -0.2) is 28.4 Å². The highest BCUT2D eigenvalue weighted by Gasteiger charge is 2.36. The van der Waals surface area contributed by atoms with Crippen molar-refractivity contribution < 1.29 is 14.4 Å². The highest BCUT2D eigenvalue weighted by Crippen LogP contribution is 2.33. The van der Waals surface area contributed by atoms with E-state index in [2.05, 4.69) is 0 Å². The number of rotatable bonds is 4. The first kappa shape index (κ1) is 16.3. The van der Waals surface area contributed by atoms with Crippen LogP contribution in [0, 0.1) is 0 Å². The second kappa shape index (κ2) is 6.61. The SMILES string of the molecule is O=C(CN1C(=O)S/C(=C\c2cccs2)C1=O)c1ccc2c(c1)CCC2. The van der Waals surface area contributed by atoms with Gasteiger partial charge in [-0.3, -0.25) is 19.3 Å². The molecular weight excluding hydrogens is 354 g/mol. The summed E-state index contributed by atoms with van der Waals surface area (Å²) in [5.41, 5.74) is 3.07. The number of hydrogen-bond acceptors (Lipinski definition) is 5. The molecule has 126 valence electrons. The molecular formula is C19H15NO3S2. The van der Waals surface area contributed by atoms with E-state index in [0.717, 1.165) is 40.8 Å². The lowest BCUT2D eigenvalue weighted by Gasteiger charge is -2.12. The Hall–Kier alpha value is -2.18. The lowest BCUT2D eigenvalue weighted by atomic mass is 10.0. The first-order chi connectivity index (χ1) is 12.1. The van der Waals surface area contributed by atoms with E-state index in [9.17, 15) is 14.4 Å². The third kappa shape index (κ3) is 3.19. The van der Waals surface area contributed by atoms with Crippen LogP contribution in [0.15, 0.2) is 40.6 Å². The average molecular weight is 369 g/mol. The van der Waals surface area contributed by atoms with Gasteiger partial charge in [0, 0.05) is 10.4 Å². The van der Waals surface area contributed by atoms with Crippen LogP contribution in [0.1, 0.15) is 32.8 Å². The Morgan fingerprint density at radius 3 is 2.80 bits per heavy atom. The number of amides is 2. The molecule has 2 heterocycles. The highest BCUT2D eigenvalue weighted by molar-refractivity contribution is 8.18. The lowest BCUT2D eigenvalue weighted by Crippen LogP contribution is -2.33. The van der Waals surface area contributed by atoms with Crippen LogP contribution in [0.5, 0.6) is 0 Å². The lowest BCUT2D eigenvalue weighted by molar-refractivity contribution is -0.122. The zero-order chi connectivity index (χ0) is 17.4. The third-order valence-electron chi connectivity index (χ3n) is 4.41. The van der Waals surface area contributed by atoms with E-state index in [1.165, 1.54) is 22.5 Å². The number of fused-ring (bicyclic) bond motifs is 1. The van der Waals surface area contributed by atoms with Crippen molar-refractivity contribution in [3.8, 4) is 0 Å². The van der Waals surface area contributed by atoms with Gasteiger partial charge in [0.2, 0.25) is 0 Å². The minimum Gasteiger partial charge on any atom is -0.292 e. The van der Waals surface area contributed by atoms with Crippen LogP contribution in [0.25, 0.3) is 6.08 Å². The van der Waals surface area contributed by atoms with Crippen molar-refractivity contribution in [1.82, 2.24) is 4.90 Å². The first-order valence-electron chi connectivity index (χ1n) is 8.06. The summed E-state index contributed by atoms with van der Waals surface area (Å²) in [5, 5.41) is 1.52. The molecule has 25 heavy (non-hydrogen) atoms. The van der Waals surface area contributed by atoms with Crippen LogP contribution in [0.3, 0.4) is 0 Å². The number of nitrogens with zero attached hydrogens (tertiary/aromatic N) is 1. The number of benzene rings is 1. The summed E-state index contributed by atoms with van der Waals surface area (Å²) < 4.78 is 0. The molecule has 1 saturated heterocycles. The van der Waals surface area contributed by atoms with E-state index >= 15 is 0 Å². The maximum absolute atomic E-state index is 12.5. The molecule has 1 aliphatic carbocycles. The molecule has 4 nitrogen and oxygen atoms in total. The molecule has 0 saturated carbocycles. The van der Waals surface area contributed by atoms with E-state index in [0.29, 0.717) is 10.5 Å². The van der Waals surface area contributed by atoms with Crippen molar-refractivity contribution in [1.29, 1.82) is 0 Å². The number of Topliss-reactive ketones (excluding diaryl/α,β-unsaturated/α-hetero) is 1. The first-order valence-corrected chi connectivity index (χ1v) is 9.75. The van der Waals surface area contributed by atoms with E-state index in [1.807, 2.05) is 29.6 Å². The molecule has 6 heteroatoms. The fourth-order valence-corrected chi connectivity index (χ4v) is 4.68. The van der Waals surface area contributed by atoms with Gasteiger partial charge in [0.25, 0.3) is 11.1 Å². The van der Waals surface area contributed by atoms with Crippen LogP contribution in [0.2, 0.25) is 0 Å². The fraction of sp³-hybridized carbons (Fsp3) is 0.211. The molecule has 2 aliphatic rings. The van der Waals surface area contributed by atoms with E-state index in [4.69, 9.17) is 0 Å². The maximum Gasteiger partial charge on any atom is 0.293 e. The number of thiophene rings is 1. The number of carbonyl (C=O) groups is 3. The number of aryl methyl sites for hydroxylation is 2. The van der Waals surface area contributed by atoms with Gasteiger partial charge in [0.05, 0.1) is 11.4 Å². The zero-order valence-electron chi connectivity index (χ0n) is 13.4. The molecule has 0 bridgehead atoms. The summed E-state index contributed by atoms with van der Waals surface area (Å²) in [6.45, 7) is -0.203. The minimum atomic E-state index is -0.391. The Kier molecular flexibility index (Phi) is 4.31. The fourth-order valence-electron chi connectivity index (χ4n) is 3.12. The number of carbonyl (C=O) groups excluding carboxylic acids is 3. The number of hydrogen-bond donors (Lipinski definition) is 0. The predicted octanol–water partition coefficient (Wildman–Crippen LogP) is 4.16. The van der Waals surface area contributed by atoms with Gasteiger partial charge in [-0.05, 0) is 65.7 Å². The van der Waals surface area contributed by atoms with Gasteiger partial charge in [-0.2, -0.15) is 0 Å². The van der Waals surface area contributed by atoms with Crippen LogP contribution < -0.4 is 0 Å². The second-order valence-electron chi connectivity index (χ2n) is 6.04. The van der Waals surface area contributed by atoms with Gasteiger partial charge in [-0.15, -0.1) is 11.3 Å². The smallest absolute Gasteiger partial charge is 0.292 e. The van der Waals surface area contributed by atoms with E-state index < -0.39 is 5.91 Å². The molecule has 0 spiro atoms. The highest BCUT2D eigenvalue weighted by atomic mass is 32.2. The Bertz CT molecular complexity index is 899. The van der Waals surface area contributed by atoms with Crippen molar-refractivity contribution in [2.24, 2.45) is 0 Å². The molecule has 1 fully saturated rings. The van der Waals surface area contributed by atoms with E-state index in [-0.39, 0.29) is 17.6 Å². The Morgan fingerprint density at radius 1 is 1.16 bits per heavy atom. The maximum atomic E-state index is 12.5. The van der Waals surface area contributed by atoms with Crippen LogP contribution in [0.4, 0.5) is 4.79 Å². The Morgan fingerprint density at radius 2 is 2.00 bits per heavy atom. The largest absolute Gasteiger partial charge is 0.293 e. The van der Waals surface area contributed by atoms with Gasteiger partial charge in [0.1, 0.15) is 0 Å².